The number of hydrogen-bond acceptors (Lipinski definition) is 3. The molecule has 0 fully saturated rings. The molecule has 0 saturated heterocycles. The zero-order valence-corrected chi connectivity index (χ0v) is 7.74. The first-order valence-electron chi connectivity index (χ1n) is 4.33. The highest BCUT2D eigenvalue weighted by Crippen LogP contribution is 2.25. The van der Waals surface area contributed by atoms with Crippen molar-refractivity contribution in [2.24, 2.45) is 0 Å². The van der Waals surface area contributed by atoms with Crippen LogP contribution in [0.4, 0.5) is 6.01 Å². The number of benzene rings is 1. The fourth-order valence-corrected chi connectivity index (χ4v) is 1.45. The second-order valence-electron chi connectivity index (χ2n) is 3.40. The molecule has 3 nitrogen and oxygen atoms in total. The van der Waals surface area contributed by atoms with Crippen LogP contribution in [0, 0.1) is 0 Å². The molecule has 0 spiro atoms. The molecule has 68 valence electrons. The molecule has 0 aliphatic heterocycles. The molecule has 0 saturated carbocycles. The van der Waals surface area contributed by atoms with E-state index >= 15 is 0 Å². The number of hydrogen-bond donors (Lipinski definition) is 1. The van der Waals surface area contributed by atoms with Crippen LogP contribution < -0.4 is 5.73 Å². The van der Waals surface area contributed by atoms with Gasteiger partial charge < -0.3 is 10.2 Å². The van der Waals surface area contributed by atoms with Crippen LogP contribution in [0.1, 0.15) is 25.3 Å². The molecule has 2 rings (SSSR count). The third kappa shape index (κ3) is 1.26. The summed E-state index contributed by atoms with van der Waals surface area (Å²) < 4.78 is 5.23. The van der Waals surface area contributed by atoms with E-state index in [-0.39, 0.29) is 6.01 Å². The summed E-state index contributed by atoms with van der Waals surface area (Å²) in [7, 11) is 0. The van der Waals surface area contributed by atoms with Crippen molar-refractivity contribution >= 4 is 17.1 Å². The van der Waals surface area contributed by atoms with Crippen molar-refractivity contribution < 1.29 is 4.42 Å². The molecule has 1 heterocycles. The molecule has 0 amide bonds. The van der Waals surface area contributed by atoms with Gasteiger partial charge in [-0.2, -0.15) is 4.98 Å². The zero-order chi connectivity index (χ0) is 9.42. The monoisotopic (exact) mass is 176 g/mol. The Bertz CT molecular complexity index is 431. The number of fused-ring (bicyclic) bond motifs is 1. The van der Waals surface area contributed by atoms with Gasteiger partial charge in [0.05, 0.1) is 0 Å². The van der Waals surface area contributed by atoms with E-state index in [9.17, 15) is 0 Å². The molecule has 13 heavy (non-hydrogen) atoms. The van der Waals surface area contributed by atoms with Crippen LogP contribution in [-0.4, -0.2) is 4.98 Å². The first-order valence-corrected chi connectivity index (χ1v) is 4.33. The summed E-state index contributed by atoms with van der Waals surface area (Å²) >= 11 is 0. The highest BCUT2D eigenvalue weighted by molar-refractivity contribution is 5.78. The number of aromatic nitrogens is 1. The Balaban J connectivity index is 2.75. The Kier molecular flexibility index (Phi) is 1.72. The zero-order valence-electron chi connectivity index (χ0n) is 7.74. The second kappa shape index (κ2) is 2.76. The second-order valence-corrected chi connectivity index (χ2v) is 3.40. The number of nitrogens with two attached hydrogens (primary N) is 1. The maximum atomic E-state index is 5.48. The van der Waals surface area contributed by atoms with Crippen molar-refractivity contribution in [3.05, 3.63) is 23.8 Å². The van der Waals surface area contributed by atoms with Crippen molar-refractivity contribution in [1.29, 1.82) is 0 Å². The Morgan fingerprint density at radius 2 is 2.15 bits per heavy atom. The van der Waals surface area contributed by atoms with Gasteiger partial charge in [0.1, 0.15) is 5.52 Å². The lowest BCUT2D eigenvalue weighted by Crippen LogP contribution is -1.89. The Labute approximate surface area is 76.6 Å². The summed E-state index contributed by atoms with van der Waals surface area (Å²) in [6, 6.07) is 6.13. The lowest BCUT2D eigenvalue weighted by molar-refractivity contribution is 0.626. The van der Waals surface area contributed by atoms with E-state index in [0.717, 1.165) is 11.1 Å². The molecular weight excluding hydrogens is 164 g/mol. The van der Waals surface area contributed by atoms with Crippen LogP contribution in [0.15, 0.2) is 22.6 Å². The average Bonchev–Trinajstić information content (AvgIpc) is 2.43. The topological polar surface area (TPSA) is 52.0 Å². The molecule has 0 unspecified atom stereocenters. The van der Waals surface area contributed by atoms with Gasteiger partial charge >= 0.3 is 0 Å². The average molecular weight is 176 g/mol. The Morgan fingerprint density at radius 3 is 2.85 bits per heavy atom. The first-order chi connectivity index (χ1) is 6.18. The van der Waals surface area contributed by atoms with Gasteiger partial charge in [0.2, 0.25) is 0 Å². The number of rotatable bonds is 1. The molecule has 0 atom stereocenters. The summed E-state index contributed by atoms with van der Waals surface area (Å²) in [5, 5.41) is 0. The largest absolute Gasteiger partial charge is 0.424 e. The molecule has 0 bridgehead atoms. The van der Waals surface area contributed by atoms with E-state index in [1.54, 1.807) is 0 Å². The predicted octanol–water partition coefficient (Wildman–Crippen LogP) is 2.53. The third-order valence-electron chi connectivity index (χ3n) is 2.09. The lowest BCUT2D eigenvalue weighted by atomic mass is 10.0. The van der Waals surface area contributed by atoms with Gasteiger partial charge in [0.25, 0.3) is 6.01 Å². The van der Waals surface area contributed by atoms with Crippen LogP contribution in [0.2, 0.25) is 0 Å². The van der Waals surface area contributed by atoms with E-state index in [0.29, 0.717) is 5.92 Å². The van der Waals surface area contributed by atoms with Crippen LogP contribution in [0.5, 0.6) is 0 Å². The molecule has 1 aromatic carbocycles. The van der Waals surface area contributed by atoms with Gasteiger partial charge in [-0.3, -0.25) is 0 Å². The smallest absolute Gasteiger partial charge is 0.292 e. The van der Waals surface area contributed by atoms with E-state index in [4.69, 9.17) is 10.2 Å². The van der Waals surface area contributed by atoms with Gasteiger partial charge in [-0.15, -0.1) is 0 Å². The molecule has 0 aliphatic carbocycles. The van der Waals surface area contributed by atoms with E-state index < -0.39 is 0 Å². The van der Waals surface area contributed by atoms with Crippen molar-refractivity contribution in [1.82, 2.24) is 4.98 Å². The first kappa shape index (κ1) is 8.10. The standard InChI is InChI=1S/C10H12N2O/c1-6(2)7-4-3-5-8-9(7)12-10(11)13-8/h3-6H,1-2H3,(H2,11,12). The van der Waals surface area contributed by atoms with Crippen molar-refractivity contribution in [2.45, 2.75) is 19.8 Å². The molecule has 0 aliphatic rings. The summed E-state index contributed by atoms with van der Waals surface area (Å²) in [4.78, 5) is 4.15. The van der Waals surface area contributed by atoms with E-state index in [1.165, 1.54) is 5.56 Å². The number of nitrogens with zero attached hydrogens (tertiary/aromatic N) is 1. The lowest BCUT2D eigenvalue weighted by Gasteiger charge is -2.03. The summed E-state index contributed by atoms with van der Waals surface area (Å²) in [5.74, 6) is 0.438. The minimum atomic E-state index is 0.239. The highest BCUT2D eigenvalue weighted by atomic mass is 16.4. The normalized spacial score (nSPS) is 11.3. The SMILES string of the molecule is CC(C)c1cccc2oc(N)nc12. The Hall–Kier alpha value is -1.51. The number of oxazole rings is 1. The molecule has 2 N–H and O–H groups in total. The molecule has 3 heteroatoms. The summed E-state index contributed by atoms with van der Waals surface area (Å²) in [5.41, 5.74) is 8.31. The van der Waals surface area contributed by atoms with Crippen molar-refractivity contribution in [2.75, 3.05) is 5.73 Å². The van der Waals surface area contributed by atoms with E-state index in [1.807, 2.05) is 12.1 Å². The van der Waals surface area contributed by atoms with Gasteiger partial charge in [0, 0.05) is 0 Å². The number of para-hydroxylation sites is 1. The van der Waals surface area contributed by atoms with Gasteiger partial charge in [0.15, 0.2) is 5.58 Å². The molecule has 2 aromatic rings. The van der Waals surface area contributed by atoms with Crippen LogP contribution in [0.25, 0.3) is 11.1 Å². The number of nitrogen functional groups attached to an aromatic ring is 1. The quantitative estimate of drug-likeness (QED) is 0.726. The Morgan fingerprint density at radius 1 is 1.38 bits per heavy atom. The van der Waals surface area contributed by atoms with Crippen LogP contribution >= 0.6 is 0 Å². The van der Waals surface area contributed by atoms with Gasteiger partial charge in [-0.25, -0.2) is 0 Å². The molecular formula is C10H12N2O. The molecule has 1 aromatic heterocycles. The third-order valence-corrected chi connectivity index (χ3v) is 2.09. The summed E-state index contributed by atoms with van der Waals surface area (Å²) in [6.07, 6.45) is 0. The van der Waals surface area contributed by atoms with Gasteiger partial charge in [-0.1, -0.05) is 26.0 Å². The fourth-order valence-electron chi connectivity index (χ4n) is 1.45. The minimum absolute atomic E-state index is 0.239. The minimum Gasteiger partial charge on any atom is -0.424 e. The molecule has 0 radical (unpaired) electrons. The van der Waals surface area contributed by atoms with Crippen LogP contribution in [-0.2, 0) is 0 Å². The van der Waals surface area contributed by atoms with Gasteiger partial charge in [-0.05, 0) is 17.5 Å². The van der Waals surface area contributed by atoms with Crippen molar-refractivity contribution in [3.63, 3.8) is 0 Å². The summed E-state index contributed by atoms with van der Waals surface area (Å²) in [6.45, 7) is 4.25. The fraction of sp³-hybridized carbons (Fsp3) is 0.300. The van der Waals surface area contributed by atoms with Crippen LogP contribution in [0.3, 0.4) is 0 Å². The van der Waals surface area contributed by atoms with Crippen molar-refractivity contribution in [3.8, 4) is 0 Å². The number of anilines is 1. The maximum Gasteiger partial charge on any atom is 0.292 e. The predicted molar refractivity (Wildman–Crippen MR) is 52.5 cm³/mol. The van der Waals surface area contributed by atoms with E-state index in [2.05, 4.69) is 24.9 Å². The maximum absolute atomic E-state index is 5.48. The highest BCUT2D eigenvalue weighted by Gasteiger charge is 2.09.